The van der Waals surface area contributed by atoms with Crippen LogP contribution in [-0.4, -0.2) is 45.3 Å². The van der Waals surface area contributed by atoms with Crippen molar-refractivity contribution < 1.29 is 19.4 Å². The van der Waals surface area contributed by atoms with E-state index in [0.717, 1.165) is 12.8 Å². The van der Waals surface area contributed by atoms with Crippen LogP contribution in [0.1, 0.15) is 28.9 Å². The molecule has 3 aromatic heterocycles. The van der Waals surface area contributed by atoms with E-state index >= 15 is 0 Å². The van der Waals surface area contributed by atoms with Gasteiger partial charge in [-0.15, -0.1) is 11.3 Å². The van der Waals surface area contributed by atoms with Crippen LogP contribution in [0.5, 0.6) is 11.6 Å². The number of amides is 3. The summed E-state index contributed by atoms with van der Waals surface area (Å²) in [5.41, 5.74) is 1.63. The summed E-state index contributed by atoms with van der Waals surface area (Å²) in [6, 6.07) is 14.2. The molecule has 0 saturated heterocycles. The highest BCUT2D eigenvalue weighted by Crippen LogP contribution is 2.45. The van der Waals surface area contributed by atoms with Gasteiger partial charge in [-0.3, -0.25) is 15.0 Å². The highest BCUT2D eigenvalue weighted by Gasteiger charge is 2.34. The number of urea groups is 1. The molecule has 1 fully saturated rings. The number of para-hydroxylation sites is 1. The lowest BCUT2D eigenvalue weighted by atomic mass is 10.1. The fourth-order valence-corrected chi connectivity index (χ4v) is 6.02. The molecule has 39 heavy (non-hydrogen) atoms. The molecule has 4 heterocycles. The molecule has 1 aliphatic heterocycles. The molecular formula is C28H26N6O4S. The van der Waals surface area contributed by atoms with E-state index in [1.165, 1.54) is 22.3 Å². The van der Waals surface area contributed by atoms with Crippen molar-refractivity contribution in [2.75, 3.05) is 10.2 Å². The number of rotatable bonds is 8. The summed E-state index contributed by atoms with van der Waals surface area (Å²) >= 11 is 1.24. The highest BCUT2D eigenvalue weighted by molar-refractivity contribution is 7.21. The Morgan fingerprint density at radius 2 is 2.00 bits per heavy atom. The van der Waals surface area contributed by atoms with Gasteiger partial charge in [-0.1, -0.05) is 24.8 Å². The molecule has 3 amide bonds. The number of benzene rings is 1. The first-order valence-electron chi connectivity index (χ1n) is 12.6. The number of thiophene rings is 1. The number of nitrogens with zero attached hydrogens (tertiary/aromatic N) is 3. The third-order valence-corrected chi connectivity index (χ3v) is 7.89. The molecule has 10 nitrogen and oxygen atoms in total. The molecule has 1 aromatic carbocycles. The van der Waals surface area contributed by atoms with Gasteiger partial charge in [-0.25, -0.2) is 14.8 Å². The molecule has 2 unspecified atom stereocenters. The molecule has 1 aliphatic carbocycles. The average Bonchev–Trinajstić information content (AvgIpc) is 3.55. The molecule has 11 heteroatoms. The van der Waals surface area contributed by atoms with E-state index in [2.05, 4.69) is 32.5 Å². The summed E-state index contributed by atoms with van der Waals surface area (Å²) in [5.74, 6) is 0.809. The molecule has 0 bridgehead atoms. The predicted octanol–water partition coefficient (Wildman–Crippen LogP) is 4.91. The van der Waals surface area contributed by atoms with Crippen molar-refractivity contribution in [3.63, 3.8) is 0 Å². The maximum Gasteiger partial charge on any atom is 0.331 e. The third-order valence-electron chi connectivity index (χ3n) is 6.79. The lowest BCUT2D eigenvalue weighted by Crippen LogP contribution is -2.38. The molecule has 4 N–H and O–H groups in total. The number of anilines is 3. The van der Waals surface area contributed by atoms with E-state index in [0.29, 0.717) is 50.2 Å². The Hall–Kier alpha value is -4.32. The monoisotopic (exact) mass is 542 g/mol. The Labute approximate surface area is 228 Å². The number of aliphatic hydroxyl groups excluding tert-OH is 1. The first-order chi connectivity index (χ1) is 19.0. The minimum absolute atomic E-state index is 0.0460. The molecule has 3 atom stereocenters. The molecular weight excluding hydrogens is 516 g/mol. The molecule has 198 valence electrons. The maximum absolute atomic E-state index is 13.3. The second-order valence-electron chi connectivity index (χ2n) is 9.38. The minimum atomic E-state index is -0.776. The fraction of sp³-hybridized carbons (Fsp3) is 0.214. The maximum atomic E-state index is 13.3. The number of nitrogens with one attached hydrogen (secondary N) is 3. The largest absolute Gasteiger partial charge is 0.439 e. The Morgan fingerprint density at radius 1 is 1.18 bits per heavy atom. The van der Waals surface area contributed by atoms with Gasteiger partial charge in [-0.05, 0) is 49.6 Å². The van der Waals surface area contributed by atoms with Crippen LogP contribution < -0.4 is 25.6 Å². The number of ether oxygens (including phenoxy) is 1. The zero-order valence-corrected chi connectivity index (χ0v) is 21.6. The summed E-state index contributed by atoms with van der Waals surface area (Å²) in [4.78, 5) is 38.1. The number of aliphatic hydroxyl groups is 1. The van der Waals surface area contributed by atoms with E-state index in [1.807, 2.05) is 30.3 Å². The van der Waals surface area contributed by atoms with Crippen LogP contribution in [0.2, 0.25) is 0 Å². The van der Waals surface area contributed by atoms with Gasteiger partial charge in [0, 0.05) is 24.3 Å². The third kappa shape index (κ3) is 4.94. The Kier molecular flexibility index (Phi) is 6.69. The van der Waals surface area contributed by atoms with E-state index in [9.17, 15) is 14.7 Å². The molecule has 0 spiro atoms. The fourth-order valence-electron chi connectivity index (χ4n) is 5.00. The first-order valence-corrected chi connectivity index (χ1v) is 13.4. The van der Waals surface area contributed by atoms with Crippen molar-refractivity contribution in [3.8, 4) is 11.6 Å². The zero-order chi connectivity index (χ0) is 26.9. The summed E-state index contributed by atoms with van der Waals surface area (Å²) < 4.78 is 5.77. The number of hydrogen-bond acceptors (Lipinski definition) is 8. The standard InChI is InChI=1S/C28H26N6O4S/c1-2-21(35)31-16-8-9-17(14-16)32-26(36)25-24-23-20(12-13-29-27(23)39-25)34(28(37)33-24)18-10-11-22(30-15-18)38-19-6-4-3-5-7-19/h2-7,10-13,15-17,21,31,35H,1,8-9,14H2,(H,32,36)(H,33,37)/t16?,17-,21?/m1/s1. The summed E-state index contributed by atoms with van der Waals surface area (Å²) in [6.07, 6.45) is 6.17. The second-order valence-corrected chi connectivity index (χ2v) is 10.4. The van der Waals surface area contributed by atoms with Gasteiger partial charge >= 0.3 is 6.03 Å². The molecule has 4 aromatic rings. The number of aromatic nitrogens is 2. The smallest absolute Gasteiger partial charge is 0.331 e. The summed E-state index contributed by atoms with van der Waals surface area (Å²) in [5, 5.41) is 19.5. The first kappa shape index (κ1) is 25.0. The molecule has 1 saturated carbocycles. The topological polar surface area (TPSA) is 129 Å². The van der Waals surface area contributed by atoms with Gasteiger partial charge < -0.3 is 20.5 Å². The number of hydrogen-bond donors (Lipinski definition) is 4. The SMILES string of the molecule is C=CC(O)NC1CC[C@@H](NC(=O)c2sc3nccc4c3c2NC(=O)N4c2ccc(Oc3ccccc3)nc2)C1. The van der Waals surface area contributed by atoms with Gasteiger partial charge in [0.05, 0.1) is 28.6 Å². The quantitative estimate of drug-likeness (QED) is 0.184. The van der Waals surface area contributed by atoms with Crippen LogP contribution in [0.4, 0.5) is 21.9 Å². The highest BCUT2D eigenvalue weighted by atomic mass is 32.1. The van der Waals surface area contributed by atoms with Crippen LogP contribution in [0, 0.1) is 0 Å². The molecule has 6 rings (SSSR count). The van der Waals surface area contributed by atoms with Gasteiger partial charge in [0.1, 0.15) is 21.7 Å². The Bertz CT molecular complexity index is 1540. The van der Waals surface area contributed by atoms with Crippen molar-refractivity contribution in [1.29, 1.82) is 0 Å². The summed E-state index contributed by atoms with van der Waals surface area (Å²) in [7, 11) is 0. The van der Waals surface area contributed by atoms with Crippen LogP contribution in [0.15, 0.2) is 73.6 Å². The van der Waals surface area contributed by atoms with E-state index in [4.69, 9.17) is 4.74 Å². The van der Waals surface area contributed by atoms with Crippen molar-refractivity contribution in [2.45, 2.75) is 37.6 Å². The Balaban J connectivity index is 1.23. The van der Waals surface area contributed by atoms with Crippen LogP contribution in [0.3, 0.4) is 0 Å². The van der Waals surface area contributed by atoms with Crippen LogP contribution in [-0.2, 0) is 0 Å². The van der Waals surface area contributed by atoms with Gasteiger partial charge in [-0.2, -0.15) is 0 Å². The number of pyridine rings is 2. The van der Waals surface area contributed by atoms with E-state index in [-0.39, 0.29) is 18.0 Å². The zero-order valence-electron chi connectivity index (χ0n) is 20.8. The van der Waals surface area contributed by atoms with Crippen LogP contribution >= 0.6 is 11.3 Å². The van der Waals surface area contributed by atoms with Crippen molar-refractivity contribution >= 4 is 50.6 Å². The van der Waals surface area contributed by atoms with E-state index in [1.54, 1.807) is 30.6 Å². The van der Waals surface area contributed by atoms with Gasteiger partial charge in [0.15, 0.2) is 0 Å². The predicted molar refractivity (Wildman–Crippen MR) is 150 cm³/mol. The lowest BCUT2D eigenvalue weighted by molar-refractivity contribution is 0.0942. The number of carbonyl (C=O) groups is 2. The molecule has 0 radical (unpaired) electrons. The van der Waals surface area contributed by atoms with Crippen molar-refractivity contribution in [3.05, 3.63) is 78.5 Å². The number of carbonyl (C=O) groups excluding carboxylic acids is 2. The van der Waals surface area contributed by atoms with Crippen LogP contribution in [0.25, 0.3) is 10.2 Å². The second kappa shape index (κ2) is 10.4. The van der Waals surface area contributed by atoms with Gasteiger partial charge in [0.2, 0.25) is 5.88 Å². The Morgan fingerprint density at radius 3 is 2.77 bits per heavy atom. The van der Waals surface area contributed by atoms with Crippen molar-refractivity contribution in [1.82, 2.24) is 20.6 Å². The minimum Gasteiger partial charge on any atom is -0.439 e. The average molecular weight is 543 g/mol. The summed E-state index contributed by atoms with van der Waals surface area (Å²) in [6.45, 7) is 3.58. The van der Waals surface area contributed by atoms with Crippen molar-refractivity contribution in [2.24, 2.45) is 0 Å². The molecule has 2 aliphatic rings. The lowest BCUT2D eigenvalue weighted by Gasteiger charge is -2.28. The van der Waals surface area contributed by atoms with E-state index < -0.39 is 12.3 Å². The van der Waals surface area contributed by atoms with Gasteiger partial charge in [0.25, 0.3) is 5.91 Å². The normalized spacial score (nSPS) is 19.0.